The van der Waals surface area contributed by atoms with Crippen molar-refractivity contribution in [2.75, 3.05) is 51.7 Å². The predicted molar refractivity (Wildman–Crippen MR) is 125 cm³/mol. The van der Waals surface area contributed by atoms with Gasteiger partial charge >= 0.3 is 6.03 Å². The minimum atomic E-state index is -0.260. The second-order valence-corrected chi connectivity index (χ2v) is 8.86. The van der Waals surface area contributed by atoms with E-state index in [0.29, 0.717) is 32.6 Å². The second kappa shape index (κ2) is 9.61. The largest absolute Gasteiger partial charge is 0.497 e. The van der Waals surface area contributed by atoms with Crippen molar-refractivity contribution in [3.05, 3.63) is 60.2 Å². The van der Waals surface area contributed by atoms with Gasteiger partial charge in [0.25, 0.3) is 0 Å². The van der Waals surface area contributed by atoms with Crippen molar-refractivity contribution < 1.29 is 14.3 Å². The lowest BCUT2D eigenvalue weighted by molar-refractivity contribution is -0.127. The number of carbonyl (C=O) groups is 2. The van der Waals surface area contributed by atoms with Crippen LogP contribution < -0.4 is 10.1 Å². The maximum Gasteiger partial charge on any atom is 0.321 e. The molecule has 2 heterocycles. The number of nitrogens with one attached hydrogen (secondary N) is 1. The van der Waals surface area contributed by atoms with E-state index in [9.17, 15) is 9.59 Å². The monoisotopic (exact) mass is 436 g/mol. The van der Waals surface area contributed by atoms with Crippen LogP contribution in [0, 0.1) is 5.41 Å². The second-order valence-electron chi connectivity index (χ2n) is 8.86. The zero-order valence-electron chi connectivity index (χ0n) is 18.9. The standard InChI is InChI=1S/C25H32N4O3/c1-3-28-18-25(15-23(28)30)17-27(16-20-9-11-22(32-2)12-10-20)13-14-29(19-25)24(31)26-21-7-5-4-6-8-21/h4-12H,3,13-19H2,1-2H3,(H,26,31)/t25-/m0/s1. The fourth-order valence-electron chi connectivity index (χ4n) is 4.85. The summed E-state index contributed by atoms with van der Waals surface area (Å²) in [5.41, 5.74) is 1.72. The molecule has 7 heteroatoms. The first-order chi connectivity index (χ1) is 15.5. The van der Waals surface area contributed by atoms with E-state index in [1.54, 1.807) is 7.11 Å². The van der Waals surface area contributed by atoms with Crippen LogP contribution >= 0.6 is 0 Å². The van der Waals surface area contributed by atoms with Crippen molar-refractivity contribution >= 4 is 17.6 Å². The van der Waals surface area contributed by atoms with Crippen molar-refractivity contribution in [2.24, 2.45) is 5.41 Å². The van der Waals surface area contributed by atoms with Crippen LogP contribution in [0.2, 0.25) is 0 Å². The zero-order valence-corrected chi connectivity index (χ0v) is 18.9. The molecule has 2 aliphatic rings. The van der Waals surface area contributed by atoms with Gasteiger partial charge in [-0.2, -0.15) is 0 Å². The minimum Gasteiger partial charge on any atom is -0.497 e. The summed E-state index contributed by atoms with van der Waals surface area (Å²) in [7, 11) is 1.67. The van der Waals surface area contributed by atoms with Gasteiger partial charge in [0.15, 0.2) is 0 Å². The summed E-state index contributed by atoms with van der Waals surface area (Å²) in [6.07, 6.45) is 0.481. The molecule has 2 saturated heterocycles. The van der Waals surface area contributed by atoms with Gasteiger partial charge in [0.2, 0.25) is 5.91 Å². The van der Waals surface area contributed by atoms with Gasteiger partial charge in [-0.15, -0.1) is 0 Å². The average Bonchev–Trinajstić information content (AvgIpc) is 3.00. The summed E-state index contributed by atoms with van der Waals surface area (Å²) in [5.74, 6) is 1.02. The van der Waals surface area contributed by atoms with Gasteiger partial charge in [-0.3, -0.25) is 9.69 Å². The lowest BCUT2D eigenvalue weighted by Gasteiger charge is -2.33. The number of urea groups is 1. The van der Waals surface area contributed by atoms with Gasteiger partial charge in [-0.05, 0) is 36.8 Å². The number of anilines is 1. The fourth-order valence-corrected chi connectivity index (χ4v) is 4.85. The Morgan fingerprint density at radius 1 is 1.03 bits per heavy atom. The van der Waals surface area contributed by atoms with E-state index in [4.69, 9.17) is 4.74 Å². The van der Waals surface area contributed by atoms with Gasteiger partial charge in [0, 0.05) is 63.3 Å². The first-order valence-electron chi connectivity index (χ1n) is 11.2. The number of benzene rings is 2. The van der Waals surface area contributed by atoms with E-state index < -0.39 is 0 Å². The third-order valence-corrected chi connectivity index (χ3v) is 6.44. The maximum absolute atomic E-state index is 13.1. The van der Waals surface area contributed by atoms with Gasteiger partial charge in [-0.1, -0.05) is 30.3 Å². The topological polar surface area (TPSA) is 65.1 Å². The average molecular weight is 437 g/mol. The Bertz CT molecular complexity index is 934. The summed E-state index contributed by atoms with van der Waals surface area (Å²) in [6, 6.07) is 17.5. The molecule has 0 aliphatic carbocycles. The molecule has 0 radical (unpaired) electrons. The molecule has 1 atom stereocenters. The highest BCUT2D eigenvalue weighted by atomic mass is 16.5. The van der Waals surface area contributed by atoms with E-state index >= 15 is 0 Å². The zero-order chi connectivity index (χ0) is 22.6. The van der Waals surface area contributed by atoms with Gasteiger partial charge in [0.1, 0.15) is 5.75 Å². The Morgan fingerprint density at radius 3 is 2.44 bits per heavy atom. The number of para-hydroxylation sites is 1. The number of amides is 3. The molecule has 1 spiro atoms. The van der Waals surface area contributed by atoms with E-state index in [0.717, 1.165) is 31.1 Å². The summed E-state index contributed by atoms with van der Waals surface area (Å²) < 4.78 is 5.27. The SMILES string of the molecule is CCN1C[C@]2(CC1=O)CN(Cc1ccc(OC)cc1)CCN(C(=O)Nc1ccccc1)C2. The quantitative estimate of drug-likeness (QED) is 0.781. The number of ether oxygens (including phenoxy) is 1. The van der Waals surface area contributed by atoms with Crippen LogP contribution in [0.1, 0.15) is 18.9 Å². The third kappa shape index (κ3) is 5.05. The number of methoxy groups -OCH3 is 1. The number of hydrogen-bond donors (Lipinski definition) is 1. The predicted octanol–water partition coefficient (Wildman–Crippen LogP) is 3.28. The highest BCUT2D eigenvalue weighted by Gasteiger charge is 2.46. The molecular weight excluding hydrogens is 404 g/mol. The molecular formula is C25H32N4O3. The van der Waals surface area contributed by atoms with Crippen LogP contribution in [-0.2, 0) is 11.3 Å². The smallest absolute Gasteiger partial charge is 0.321 e. The van der Waals surface area contributed by atoms with Crippen molar-refractivity contribution in [2.45, 2.75) is 19.9 Å². The molecule has 170 valence electrons. The minimum absolute atomic E-state index is 0.107. The Balaban J connectivity index is 1.52. The molecule has 7 nitrogen and oxygen atoms in total. The highest BCUT2D eigenvalue weighted by molar-refractivity contribution is 5.89. The highest BCUT2D eigenvalue weighted by Crippen LogP contribution is 2.35. The van der Waals surface area contributed by atoms with Crippen molar-refractivity contribution in [3.8, 4) is 5.75 Å². The maximum atomic E-state index is 13.1. The molecule has 2 aromatic rings. The van der Waals surface area contributed by atoms with Crippen LogP contribution in [0.3, 0.4) is 0 Å². The third-order valence-electron chi connectivity index (χ3n) is 6.44. The van der Waals surface area contributed by atoms with Crippen LogP contribution in [0.5, 0.6) is 5.75 Å². The van der Waals surface area contributed by atoms with Crippen molar-refractivity contribution in [3.63, 3.8) is 0 Å². The van der Waals surface area contributed by atoms with Crippen LogP contribution in [0.25, 0.3) is 0 Å². The molecule has 0 aromatic heterocycles. The number of nitrogens with zero attached hydrogens (tertiary/aromatic N) is 3. The van der Waals surface area contributed by atoms with Crippen LogP contribution in [0.15, 0.2) is 54.6 Å². The molecule has 0 saturated carbocycles. The van der Waals surface area contributed by atoms with Crippen molar-refractivity contribution in [1.82, 2.24) is 14.7 Å². The van der Waals surface area contributed by atoms with E-state index in [2.05, 4.69) is 22.3 Å². The summed E-state index contributed by atoms with van der Waals surface area (Å²) in [4.78, 5) is 32.0. The first-order valence-corrected chi connectivity index (χ1v) is 11.2. The van der Waals surface area contributed by atoms with Gasteiger partial charge in [-0.25, -0.2) is 4.79 Å². The summed E-state index contributed by atoms with van der Waals surface area (Å²) in [6.45, 7) is 6.94. The molecule has 32 heavy (non-hydrogen) atoms. The number of hydrogen-bond acceptors (Lipinski definition) is 4. The Morgan fingerprint density at radius 2 is 1.78 bits per heavy atom. The molecule has 4 rings (SSSR count). The van der Waals surface area contributed by atoms with Gasteiger partial charge in [0.05, 0.1) is 7.11 Å². The molecule has 2 aliphatic heterocycles. The lowest BCUT2D eigenvalue weighted by Crippen LogP contribution is -2.45. The lowest BCUT2D eigenvalue weighted by atomic mass is 9.86. The Kier molecular flexibility index (Phi) is 6.65. The van der Waals surface area contributed by atoms with Crippen LogP contribution in [0.4, 0.5) is 10.5 Å². The summed E-state index contributed by atoms with van der Waals surface area (Å²) >= 11 is 0. The van der Waals surface area contributed by atoms with E-state index in [1.165, 1.54) is 5.56 Å². The van der Waals surface area contributed by atoms with Crippen molar-refractivity contribution in [1.29, 1.82) is 0 Å². The Hall–Kier alpha value is -3.06. The number of carbonyl (C=O) groups excluding carboxylic acids is 2. The molecule has 1 N–H and O–H groups in total. The summed E-state index contributed by atoms with van der Waals surface area (Å²) in [5, 5.41) is 3.02. The molecule has 0 bridgehead atoms. The molecule has 2 fully saturated rings. The normalized spacial score (nSPS) is 21.6. The van der Waals surface area contributed by atoms with Crippen LogP contribution in [-0.4, -0.2) is 73.0 Å². The van der Waals surface area contributed by atoms with E-state index in [1.807, 2.05) is 59.2 Å². The fraction of sp³-hybridized carbons (Fsp3) is 0.440. The number of likely N-dealkylation sites (tertiary alicyclic amines) is 1. The molecule has 2 aromatic carbocycles. The molecule has 0 unspecified atom stereocenters. The Labute approximate surface area is 189 Å². The first kappa shape index (κ1) is 22.1. The molecule has 3 amide bonds. The number of rotatable bonds is 5. The van der Waals surface area contributed by atoms with Gasteiger partial charge < -0.3 is 19.9 Å². The van der Waals surface area contributed by atoms with E-state index in [-0.39, 0.29) is 17.4 Å².